The fraction of sp³-hybridized carbons (Fsp3) is 0.182. The monoisotopic (exact) mass is 313 g/mol. The number of aryl methyl sites for hydroxylation is 1. The maximum Gasteiger partial charge on any atom is 0.346 e. The van der Waals surface area contributed by atoms with Crippen LogP contribution in [0, 0.1) is 6.92 Å². The average molecular weight is 313 g/mol. The number of hydrogen-bond acceptors (Lipinski definition) is 6. The lowest BCUT2D eigenvalue weighted by atomic mass is 10.3. The van der Waals surface area contributed by atoms with E-state index in [-0.39, 0.29) is 15.6 Å². The van der Waals surface area contributed by atoms with E-state index in [2.05, 4.69) is 14.7 Å². The van der Waals surface area contributed by atoms with Crippen molar-refractivity contribution in [2.75, 3.05) is 0 Å². The molecule has 2 heterocycles. The van der Waals surface area contributed by atoms with E-state index in [1.807, 2.05) is 0 Å². The van der Waals surface area contributed by atoms with E-state index >= 15 is 0 Å². The molecular formula is C11H11N3O4S2. The molecule has 0 aliphatic carbocycles. The molecule has 0 amide bonds. The van der Waals surface area contributed by atoms with Gasteiger partial charge in [0, 0.05) is 6.20 Å². The normalized spacial score (nSPS) is 11.4. The lowest BCUT2D eigenvalue weighted by molar-refractivity contribution is 0.0701. The second kappa shape index (κ2) is 5.65. The molecular weight excluding hydrogens is 302 g/mol. The number of carboxylic acid groups (broad SMARTS) is 1. The van der Waals surface area contributed by atoms with E-state index in [0.717, 1.165) is 11.3 Å². The highest BCUT2D eigenvalue weighted by molar-refractivity contribution is 7.91. The number of carboxylic acids is 1. The lowest BCUT2D eigenvalue weighted by Gasteiger charge is -2.03. The Morgan fingerprint density at radius 1 is 1.50 bits per heavy atom. The number of aromatic nitrogens is 2. The van der Waals surface area contributed by atoms with Gasteiger partial charge in [-0.2, -0.15) is 0 Å². The van der Waals surface area contributed by atoms with Crippen molar-refractivity contribution < 1.29 is 18.3 Å². The zero-order valence-electron chi connectivity index (χ0n) is 10.4. The lowest BCUT2D eigenvalue weighted by Crippen LogP contribution is -2.22. The van der Waals surface area contributed by atoms with E-state index in [9.17, 15) is 13.2 Å². The topological polar surface area (TPSA) is 109 Å². The van der Waals surface area contributed by atoms with Gasteiger partial charge >= 0.3 is 5.97 Å². The molecule has 0 unspecified atom stereocenters. The van der Waals surface area contributed by atoms with E-state index in [1.165, 1.54) is 18.6 Å². The third-order valence-corrected chi connectivity index (χ3v) is 5.54. The molecule has 20 heavy (non-hydrogen) atoms. The Bertz CT molecular complexity index is 725. The van der Waals surface area contributed by atoms with Gasteiger partial charge in [0.2, 0.25) is 10.0 Å². The van der Waals surface area contributed by atoms with Crippen LogP contribution in [0.5, 0.6) is 0 Å². The Labute approximate surface area is 119 Å². The van der Waals surface area contributed by atoms with Crippen molar-refractivity contribution in [3.63, 3.8) is 0 Å². The van der Waals surface area contributed by atoms with Crippen LogP contribution in [0.4, 0.5) is 0 Å². The van der Waals surface area contributed by atoms with Gasteiger partial charge in [-0.25, -0.2) is 27.9 Å². The maximum absolute atomic E-state index is 12.1. The molecule has 2 N–H and O–H groups in total. The van der Waals surface area contributed by atoms with Gasteiger partial charge in [0.05, 0.1) is 12.2 Å². The van der Waals surface area contributed by atoms with Crippen LogP contribution in [0.2, 0.25) is 0 Å². The number of thiophene rings is 1. The molecule has 2 aromatic rings. The molecule has 0 aliphatic heterocycles. The van der Waals surface area contributed by atoms with Gasteiger partial charge in [0.15, 0.2) is 0 Å². The number of rotatable bonds is 5. The summed E-state index contributed by atoms with van der Waals surface area (Å²) in [5, 5.41) is 8.93. The van der Waals surface area contributed by atoms with Crippen LogP contribution in [0.1, 0.15) is 20.9 Å². The summed E-state index contributed by atoms with van der Waals surface area (Å²) in [5.41, 5.74) is 0.945. The fourth-order valence-corrected chi connectivity index (χ4v) is 3.88. The zero-order valence-corrected chi connectivity index (χ0v) is 12.0. The summed E-state index contributed by atoms with van der Waals surface area (Å²) in [6, 6.07) is 2.93. The smallest absolute Gasteiger partial charge is 0.346 e. The predicted octanol–water partition coefficient (Wildman–Crippen LogP) is 1.02. The Kier molecular flexibility index (Phi) is 4.12. The van der Waals surface area contributed by atoms with Crippen LogP contribution >= 0.6 is 11.3 Å². The summed E-state index contributed by atoms with van der Waals surface area (Å²) in [6.45, 7) is 1.58. The molecule has 0 fully saturated rings. The van der Waals surface area contributed by atoms with Crippen molar-refractivity contribution >= 4 is 27.3 Å². The highest BCUT2D eigenvalue weighted by atomic mass is 32.2. The molecule has 0 aliphatic rings. The molecule has 0 radical (unpaired) electrons. The van der Waals surface area contributed by atoms with Crippen LogP contribution in [-0.2, 0) is 16.6 Å². The summed E-state index contributed by atoms with van der Waals surface area (Å²) >= 11 is 0.727. The zero-order chi connectivity index (χ0) is 14.8. The molecule has 0 spiro atoms. The van der Waals surface area contributed by atoms with Crippen LogP contribution < -0.4 is 4.72 Å². The van der Waals surface area contributed by atoms with Crippen molar-refractivity contribution in [1.82, 2.24) is 14.7 Å². The number of aromatic carboxylic acids is 1. The molecule has 7 nitrogen and oxygen atoms in total. The summed E-state index contributed by atoms with van der Waals surface area (Å²) in [4.78, 5) is 18.6. The van der Waals surface area contributed by atoms with Gasteiger partial charge in [-0.1, -0.05) is 0 Å². The molecule has 2 aromatic heterocycles. The van der Waals surface area contributed by atoms with Crippen molar-refractivity contribution in [1.29, 1.82) is 0 Å². The van der Waals surface area contributed by atoms with Crippen LogP contribution in [-0.4, -0.2) is 29.5 Å². The first-order chi connectivity index (χ1) is 9.40. The summed E-state index contributed by atoms with van der Waals surface area (Å²) in [6.07, 6.45) is 2.83. The molecule has 9 heteroatoms. The standard InChI is InChI=1S/C11H11N3O4S2/c1-7-4-9(19-10(7)11(15)16)20(17,18)14-5-8-2-3-12-6-13-8/h2-4,6,14H,5H2,1H3,(H,15,16). The first-order valence-corrected chi connectivity index (χ1v) is 7.78. The Morgan fingerprint density at radius 2 is 2.25 bits per heavy atom. The van der Waals surface area contributed by atoms with Gasteiger partial charge in [0.25, 0.3) is 0 Å². The van der Waals surface area contributed by atoms with Gasteiger partial charge in [-0.05, 0) is 24.6 Å². The summed E-state index contributed by atoms with van der Waals surface area (Å²) in [5.74, 6) is -1.13. The molecule has 0 bridgehead atoms. The van der Waals surface area contributed by atoms with Crippen LogP contribution in [0.15, 0.2) is 28.9 Å². The fourth-order valence-electron chi connectivity index (χ4n) is 1.46. The maximum atomic E-state index is 12.1. The van der Waals surface area contributed by atoms with Crippen molar-refractivity contribution in [2.45, 2.75) is 17.7 Å². The Morgan fingerprint density at radius 3 is 2.80 bits per heavy atom. The number of hydrogen-bond donors (Lipinski definition) is 2. The van der Waals surface area contributed by atoms with Crippen LogP contribution in [0.3, 0.4) is 0 Å². The van der Waals surface area contributed by atoms with E-state index in [0.29, 0.717) is 11.3 Å². The second-order valence-corrected chi connectivity index (χ2v) is 6.95. The van der Waals surface area contributed by atoms with E-state index in [4.69, 9.17) is 5.11 Å². The minimum Gasteiger partial charge on any atom is -0.477 e. The molecule has 2 rings (SSSR count). The average Bonchev–Trinajstić information content (AvgIpc) is 2.81. The molecule has 0 aromatic carbocycles. The number of nitrogens with one attached hydrogen (secondary N) is 1. The number of carbonyl (C=O) groups is 1. The molecule has 106 valence electrons. The minimum atomic E-state index is -3.75. The second-order valence-electron chi connectivity index (χ2n) is 3.91. The highest BCUT2D eigenvalue weighted by Gasteiger charge is 2.21. The van der Waals surface area contributed by atoms with Crippen molar-refractivity contribution in [3.8, 4) is 0 Å². The molecule has 0 atom stereocenters. The van der Waals surface area contributed by atoms with Gasteiger partial charge in [-0.3, -0.25) is 0 Å². The third-order valence-electron chi connectivity index (χ3n) is 2.44. The molecule has 0 saturated carbocycles. The quantitative estimate of drug-likeness (QED) is 0.853. The minimum absolute atomic E-state index is 0.0181. The largest absolute Gasteiger partial charge is 0.477 e. The van der Waals surface area contributed by atoms with E-state index < -0.39 is 16.0 Å². The van der Waals surface area contributed by atoms with Crippen LogP contribution in [0.25, 0.3) is 0 Å². The van der Waals surface area contributed by atoms with E-state index in [1.54, 1.807) is 13.0 Å². The van der Waals surface area contributed by atoms with Gasteiger partial charge in [-0.15, -0.1) is 11.3 Å². The first kappa shape index (κ1) is 14.6. The Balaban J connectivity index is 2.18. The summed E-state index contributed by atoms with van der Waals surface area (Å²) < 4.78 is 26.5. The SMILES string of the molecule is Cc1cc(S(=O)(=O)NCc2ccncn2)sc1C(=O)O. The first-order valence-electron chi connectivity index (χ1n) is 5.48. The van der Waals surface area contributed by atoms with Crippen molar-refractivity contribution in [3.05, 3.63) is 40.8 Å². The van der Waals surface area contributed by atoms with Crippen molar-refractivity contribution in [2.24, 2.45) is 0 Å². The molecule has 0 saturated heterocycles. The number of sulfonamides is 1. The summed E-state index contributed by atoms with van der Waals surface area (Å²) in [7, 11) is -3.75. The van der Waals surface area contributed by atoms with Gasteiger partial charge in [0.1, 0.15) is 15.4 Å². The predicted molar refractivity (Wildman–Crippen MR) is 72.1 cm³/mol. The van der Waals surface area contributed by atoms with Gasteiger partial charge < -0.3 is 5.11 Å². The number of nitrogens with zero attached hydrogens (tertiary/aromatic N) is 2. The third kappa shape index (κ3) is 3.18. The Hall–Kier alpha value is -1.84. The highest BCUT2D eigenvalue weighted by Crippen LogP contribution is 2.25.